The second-order valence-electron chi connectivity index (χ2n) is 7.64. The highest BCUT2D eigenvalue weighted by atomic mass is 35.5. The van der Waals surface area contributed by atoms with Gasteiger partial charge in [0.05, 0.1) is 12.1 Å². The summed E-state index contributed by atoms with van der Waals surface area (Å²) in [5.74, 6) is 0. The molecule has 0 unspecified atom stereocenters. The maximum Gasteiger partial charge on any atom is 0.0602 e. The molecular formula is C30H32Cl2N2. The van der Waals surface area contributed by atoms with Crippen LogP contribution in [0.2, 0.25) is 0 Å². The van der Waals surface area contributed by atoms with Crippen molar-refractivity contribution in [1.29, 1.82) is 0 Å². The van der Waals surface area contributed by atoms with Gasteiger partial charge in [-0.05, 0) is 22.3 Å². The lowest BCUT2D eigenvalue weighted by atomic mass is 9.94. The Bertz CT molecular complexity index is 1210. The lowest BCUT2D eigenvalue weighted by Crippen LogP contribution is -2.49. The van der Waals surface area contributed by atoms with E-state index in [1.165, 1.54) is 0 Å². The van der Waals surface area contributed by atoms with Crippen LogP contribution < -0.4 is 0 Å². The normalized spacial score (nSPS) is 23.8. The minimum Gasteiger partial charge on any atom is -0.290 e. The van der Waals surface area contributed by atoms with E-state index in [4.69, 9.17) is 0 Å². The van der Waals surface area contributed by atoms with Gasteiger partial charge in [-0.2, -0.15) is 0 Å². The van der Waals surface area contributed by atoms with Crippen molar-refractivity contribution >= 4 is 24.8 Å². The fraction of sp³-hybridized carbons (Fsp3) is 0.200. The van der Waals surface area contributed by atoms with Crippen LogP contribution in [-0.4, -0.2) is 35.8 Å². The Morgan fingerprint density at radius 1 is 0.412 bits per heavy atom. The van der Waals surface area contributed by atoms with Crippen LogP contribution >= 0.6 is 24.8 Å². The van der Waals surface area contributed by atoms with Gasteiger partial charge < -0.3 is 0 Å². The monoisotopic (exact) mass is 498 g/mol. The van der Waals surface area contributed by atoms with E-state index < -0.39 is 38.1 Å². The van der Waals surface area contributed by atoms with Gasteiger partial charge in [0.25, 0.3) is 0 Å². The van der Waals surface area contributed by atoms with Crippen molar-refractivity contribution in [2.75, 3.05) is 26.0 Å². The van der Waals surface area contributed by atoms with E-state index in [9.17, 15) is 11.0 Å². The first-order valence-electron chi connectivity index (χ1n) is 14.7. The van der Waals surface area contributed by atoms with Crippen molar-refractivity contribution in [2.45, 2.75) is 12.1 Å². The molecule has 4 aromatic carbocycles. The summed E-state index contributed by atoms with van der Waals surface area (Å²) in [6, 6.07) is 32.6. The van der Waals surface area contributed by atoms with Gasteiger partial charge in [-0.3, -0.25) is 9.80 Å². The van der Waals surface area contributed by atoms with Gasteiger partial charge in [0.1, 0.15) is 0 Å². The maximum atomic E-state index is 9.27. The fourth-order valence-corrected chi connectivity index (χ4v) is 4.05. The number of hydrogen-bond donors (Lipinski definition) is 0. The number of benzene rings is 4. The summed E-state index contributed by atoms with van der Waals surface area (Å²) in [5, 5.41) is 0. The van der Waals surface area contributed by atoms with Gasteiger partial charge in [-0.1, -0.05) is 121 Å². The molecule has 5 rings (SSSR count). The van der Waals surface area contributed by atoms with Gasteiger partial charge in [-0.15, -0.1) is 24.8 Å². The molecule has 0 N–H and O–H groups in total. The van der Waals surface area contributed by atoms with Gasteiger partial charge in [0.2, 0.25) is 0 Å². The standard InChI is InChI=1S/C30H30N2.2ClH/c1-5-13-25(14-6-1)29(26-15-7-2-8-16-26)31-21-23-32(24-22-31)30(27-17-9-3-10-18-27)28-19-11-4-12-20-28;;/h1-20,29-30H,21-24H2;2*1H/i21D2,22D2,23D2,24D2;;. The van der Waals surface area contributed by atoms with Crippen molar-refractivity contribution in [3.8, 4) is 0 Å². The molecule has 2 nitrogen and oxygen atoms in total. The van der Waals surface area contributed by atoms with E-state index in [-0.39, 0.29) is 24.8 Å². The van der Waals surface area contributed by atoms with Crippen LogP contribution in [0, 0.1) is 0 Å². The molecule has 34 heavy (non-hydrogen) atoms. The van der Waals surface area contributed by atoms with E-state index >= 15 is 0 Å². The molecule has 0 spiro atoms. The topological polar surface area (TPSA) is 6.48 Å². The Hall–Kier alpha value is -2.62. The molecule has 0 saturated carbocycles. The van der Waals surface area contributed by atoms with Crippen molar-refractivity contribution in [1.82, 2.24) is 9.80 Å². The lowest BCUT2D eigenvalue weighted by Gasteiger charge is -2.43. The third kappa shape index (κ3) is 5.89. The average molecular weight is 500 g/mol. The molecule has 0 amide bonds. The van der Waals surface area contributed by atoms with Gasteiger partial charge in [0.15, 0.2) is 0 Å². The summed E-state index contributed by atoms with van der Waals surface area (Å²) in [6.45, 7) is -12.0. The Labute approximate surface area is 227 Å². The molecule has 4 heteroatoms. The van der Waals surface area contributed by atoms with E-state index in [0.29, 0.717) is 22.3 Å². The zero-order chi connectivity index (χ0) is 28.8. The summed E-state index contributed by atoms with van der Waals surface area (Å²) in [7, 11) is 0. The van der Waals surface area contributed by atoms with Crippen molar-refractivity contribution in [3.05, 3.63) is 144 Å². The van der Waals surface area contributed by atoms with Crippen molar-refractivity contribution in [3.63, 3.8) is 0 Å². The maximum absolute atomic E-state index is 9.27. The minimum absolute atomic E-state index is 0. The van der Waals surface area contributed by atoms with E-state index in [1.807, 2.05) is 0 Å². The lowest BCUT2D eigenvalue weighted by molar-refractivity contribution is 0.0898. The molecule has 0 atom stereocenters. The number of piperazine rings is 1. The highest BCUT2D eigenvalue weighted by Gasteiger charge is 2.30. The molecule has 1 heterocycles. The fourth-order valence-electron chi connectivity index (χ4n) is 4.05. The molecule has 0 aliphatic carbocycles. The Balaban J connectivity index is 0.00000242. The van der Waals surface area contributed by atoms with E-state index in [1.54, 1.807) is 121 Å². The number of rotatable bonds is 6. The zero-order valence-corrected chi connectivity index (χ0v) is 20.0. The molecule has 1 aliphatic heterocycles. The molecular weight excluding hydrogens is 459 g/mol. The largest absolute Gasteiger partial charge is 0.290 e. The van der Waals surface area contributed by atoms with Crippen LogP contribution in [0.3, 0.4) is 0 Å². The first kappa shape index (κ1) is 16.9. The van der Waals surface area contributed by atoms with E-state index in [0.717, 1.165) is 9.80 Å². The van der Waals surface area contributed by atoms with E-state index in [2.05, 4.69) is 0 Å². The summed E-state index contributed by atoms with van der Waals surface area (Å²) >= 11 is 0. The third-order valence-corrected chi connectivity index (χ3v) is 5.56. The van der Waals surface area contributed by atoms with Gasteiger partial charge in [0, 0.05) is 37.0 Å². The quantitative estimate of drug-likeness (QED) is 0.281. The van der Waals surface area contributed by atoms with Crippen LogP contribution in [0.1, 0.15) is 45.3 Å². The van der Waals surface area contributed by atoms with Crippen LogP contribution in [0.5, 0.6) is 0 Å². The second-order valence-corrected chi connectivity index (χ2v) is 7.64. The number of nitrogens with zero attached hydrogens (tertiary/aromatic N) is 2. The second kappa shape index (κ2) is 12.7. The van der Waals surface area contributed by atoms with Crippen LogP contribution in [0.4, 0.5) is 0 Å². The van der Waals surface area contributed by atoms with Crippen LogP contribution in [0.25, 0.3) is 0 Å². The first-order valence-corrected chi connectivity index (χ1v) is 10.7. The summed E-state index contributed by atoms with van der Waals surface area (Å²) < 4.78 is 74.1. The zero-order valence-electron chi connectivity index (χ0n) is 26.4. The predicted octanol–water partition coefficient (Wildman–Crippen LogP) is 7.03. The molecule has 0 radical (unpaired) electrons. The predicted molar refractivity (Wildman–Crippen MR) is 147 cm³/mol. The summed E-state index contributed by atoms with van der Waals surface area (Å²) in [6.07, 6.45) is 0. The molecule has 1 saturated heterocycles. The Morgan fingerprint density at radius 2 is 0.618 bits per heavy atom. The van der Waals surface area contributed by atoms with Gasteiger partial charge in [-0.25, -0.2) is 0 Å². The molecule has 176 valence electrons. The highest BCUT2D eigenvalue weighted by Crippen LogP contribution is 2.33. The molecule has 1 aliphatic rings. The summed E-state index contributed by atoms with van der Waals surface area (Å²) in [5.41, 5.74) is 2.07. The first-order chi connectivity index (χ1) is 18.9. The average Bonchev–Trinajstić information content (AvgIpc) is 2.95. The van der Waals surface area contributed by atoms with Crippen molar-refractivity contribution < 1.29 is 11.0 Å². The van der Waals surface area contributed by atoms with Crippen LogP contribution in [0.15, 0.2) is 121 Å². The number of halogens is 2. The molecule has 4 aromatic rings. The molecule has 0 aromatic heterocycles. The smallest absolute Gasteiger partial charge is 0.0602 e. The SMILES string of the molecule is Cl.Cl.[2H]C1([2H])N(C(c2ccccc2)c2ccccc2)C([2H])([2H])C([2H])([2H])N(C(c2ccccc2)c2ccccc2)C1([2H])[2H]. The summed E-state index contributed by atoms with van der Waals surface area (Å²) in [4.78, 5) is 1.49. The Morgan fingerprint density at radius 3 is 0.824 bits per heavy atom. The molecule has 0 bridgehead atoms. The highest BCUT2D eigenvalue weighted by molar-refractivity contribution is 5.85. The van der Waals surface area contributed by atoms with Crippen LogP contribution in [-0.2, 0) is 0 Å². The van der Waals surface area contributed by atoms with Crippen molar-refractivity contribution in [2.24, 2.45) is 0 Å². The number of hydrogen-bond acceptors (Lipinski definition) is 2. The molecule has 1 fully saturated rings. The van der Waals surface area contributed by atoms with Gasteiger partial charge >= 0.3 is 0 Å². The Kier molecular flexibility index (Phi) is 6.33. The third-order valence-electron chi connectivity index (χ3n) is 5.56. The minimum atomic E-state index is -3.00.